The largest absolute Gasteiger partial charge is 0.344 e. The number of ether oxygens (including phenoxy) is 5. The summed E-state index contributed by atoms with van der Waals surface area (Å²) in [6.45, 7) is 7.50. The Kier molecular flexibility index (Phi) is 3.20. The van der Waals surface area contributed by atoms with Crippen LogP contribution in [0.2, 0.25) is 0 Å². The van der Waals surface area contributed by atoms with E-state index in [-0.39, 0.29) is 24.9 Å². The van der Waals surface area contributed by atoms with Crippen molar-refractivity contribution in [1.29, 1.82) is 0 Å². The molecule has 3 unspecified atom stereocenters. The summed E-state index contributed by atoms with van der Waals surface area (Å²) in [5.41, 5.74) is 8.49. The predicted octanol–water partition coefficient (Wildman–Crippen LogP) is 1.69. The van der Waals surface area contributed by atoms with E-state index < -0.39 is 24.0 Å². The molecular weight excluding hydrogens is 266 g/mol. The van der Waals surface area contributed by atoms with Crippen molar-refractivity contribution in [2.45, 2.75) is 70.0 Å². The van der Waals surface area contributed by atoms with Crippen molar-refractivity contribution in [2.24, 2.45) is 5.11 Å². The van der Waals surface area contributed by atoms with E-state index in [1.165, 1.54) is 0 Å². The average Bonchev–Trinajstić information content (AvgIpc) is 2.80. The molecule has 3 rings (SSSR count). The molecule has 0 amide bonds. The third-order valence-electron chi connectivity index (χ3n) is 3.58. The van der Waals surface area contributed by atoms with Crippen LogP contribution in [-0.4, -0.2) is 48.8 Å². The van der Waals surface area contributed by atoms with Crippen molar-refractivity contribution >= 4 is 0 Å². The van der Waals surface area contributed by atoms with Gasteiger partial charge >= 0.3 is 0 Å². The topological polar surface area (TPSA) is 94.9 Å². The first-order chi connectivity index (χ1) is 9.31. The Morgan fingerprint density at radius 3 is 2.25 bits per heavy atom. The molecule has 8 heteroatoms. The highest BCUT2D eigenvalue weighted by atomic mass is 16.9. The lowest BCUT2D eigenvalue weighted by atomic mass is 9.99. The molecule has 8 nitrogen and oxygen atoms in total. The van der Waals surface area contributed by atoms with Gasteiger partial charge in [-0.2, -0.15) is 0 Å². The Labute approximate surface area is 116 Å². The zero-order chi connectivity index (χ0) is 14.5. The number of hydrogen-bond donors (Lipinski definition) is 0. The van der Waals surface area contributed by atoms with Crippen LogP contribution >= 0.6 is 0 Å². The molecule has 0 radical (unpaired) electrons. The maximum atomic E-state index is 8.49. The van der Waals surface area contributed by atoms with E-state index >= 15 is 0 Å². The minimum absolute atomic E-state index is 0.171. The minimum Gasteiger partial charge on any atom is -0.344 e. The van der Waals surface area contributed by atoms with E-state index in [0.29, 0.717) is 0 Å². The lowest BCUT2D eigenvalue weighted by Gasteiger charge is -2.36. The molecule has 0 aromatic rings. The molecule has 0 bridgehead atoms. The Balaban J connectivity index is 1.85. The van der Waals surface area contributed by atoms with Gasteiger partial charge in [-0.25, -0.2) is 0 Å². The molecule has 3 fully saturated rings. The summed E-state index contributed by atoms with van der Waals surface area (Å²) in [6.07, 6.45) is -1.93. The van der Waals surface area contributed by atoms with Crippen molar-refractivity contribution in [3.63, 3.8) is 0 Å². The Hall–Kier alpha value is -0.890. The van der Waals surface area contributed by atoms with Gasteiger partial charge in [-0.3, -0.25) is 0 Å². The zero-order valence-electron chi connectivity index (χ0n) is 12.0. The van der Waals surface area contributed by atoms with E-state index in [9.17, 15) is 0 Å². The van der Waals surface area contributed by atoms with Crippen molar-refractivity contribution in [3.8, 4) is 0 Å². The van der Waals surface area contributed by atoms with Gasteiger partial charge in [0.05, 0.1) is 12.6 Å². The van der Waals surface area contributed by atoms with Crippen molar-refractivity contribution in [2.75, 3.05) is 6.54 Å². The van der Waals surface area contributed by atoms with E-state index in [0.717, 1.165) is 0 Å². The van der Waals surface area contributed by atoms with Crippen LogP contribution in [0.3, 0.4) is 0 Å². The molecule has 0 spiro atoms. The van der Waals surface area contributed by atoms with Crippen molar-refractivity contribution in [3.05, 3.63) is 10.4 Å². The Bertz CT molecular complexity index is 448. The molecule has 0 N–H and O–H groups in total. The van der Waals surface area contributed by atoms with Crippen molar-refractivity contribution in [1.82, 2.24) is 0 Å². The van der Waals surface area contributed by atoms with Gasteiger partial charge in [0.25, 0.3) is 0 Å². The summed E-state index contributed by atoms with van der Waals surface area (Å²) in [4.78, 5) is 2.77. The second-order valence-electron chi connectivity index (χ2n) is 6.12. The lowest BCUT2D eigenvalue weighted by molar-refractivity contribution is -0.231. The van der Waals surface area contributed by atoms with Gasteiger partial charge in [0, 0.05) is 4.91 Å². The number of fused-ring (bicyclic) bond motifs is 3. The highest BCUT2D eigenvalue weighted by molar-refractivity contribution is 5.00. The molecule has 0 saturated carbocycles. The van der Waals surface area contributed by atoms with Gasteiger partial charge in [-0.05, 0) is 33.2 Å². The van der Waals surface area contributed by atoms with Gasteiger partial charge in [0.1, 0.15) is 18.3 Å². The summed E-state index contributed by atoms with van der Waals surface area (Å²) in [5, 5.41) is 3.58. The number of hydrogen-bond acceptors (Lipinski definition) is 6. The lowest BCUT2D eigenvalue weighted by Crippen LogP contribution is -2.55. The monoisotopic (exact) mass is 285 g/mol. The van der Waals surface area contributed by atoms with Crippen molar-refractivity contribution < 1.29 is 23.7 Å². The van der Waals surface area contributed by atoms with E-state index in [1.807, 2.05) is 27.7 Å². The molecule has 3 aliphatic rings. The zero-order valence-corrected chi connectivity index (χ0v) is 12.0. The maximum absolute atomic E-state index is 8.49. The van der Waals surface area contributed by atoms with Gasteiger partial charge in [-0.15, -0.1) is 0 Å². The maximum Gasteiger partial charge on any atom is 0.190 e. The smallest absolute Gasteiger partial charge is 0.190 e. The molecule has 3 aliphatic heterocycles. The first-order valence-electron chi connectivity index (χ1n) is 6.69. The van der Waals surface area contributed by atoms with Gasteiger partial charge in [0.2, 0.25) is 0 Å². The Morgan fingerprint density at radius 2 is 1.55 bits per heavy atom. The fourth-order valence-corrected chi connectivity index (χ4v) is 2.96. The molecular formula is C12H19N3O5. The SMILES string of the molecule is CC1(C)OC2C3OC(C)(C)O[C@H]3C(CN=[N+]=[N-])O[C@@H]2O1. The molecule has 3 saturated heterocycles. The number of rotatable bonds is 2. The molecule has 3 heterocycles. The fraction of sp³-hybridized carbons (Fsp3) is 1.00. The van der Waals surface area contributed by atoms with E-state index in [1.54, 1.807) is 0 Å². The van der Waals surface area contributed by atoms with Crippen LogP contribution in [0, 0.1) is 0 Å². The highest BCUT2D eigenvalue weighted by Crippen LogP contribution is 2.44. The van der Waals surface area contributed by atoms with Crippen LogP contribution in [0.25, 0.3) is 10.4 Å². The minimum atomic E-state index is -0.733. The van der Waals surface area contributed by atoms with Crippen LogP contribution in [0.15, 0.2) is 5.11 Å². The van der Waals surface area contributed by atoms with Crippen LogP contribution < -0.4 is 0 Å². The first-order valence-corrected chi connectivity index (χ1v) is 6.69. The first kappa shape index (κ1) is 14.1. The van der Waals surface area contributed by atoms with Crippen LogP contribution in [0.1, 0.15) is 27.7 Å². The second-order valence-corrected chi connectivity index (χ2v) is 6.12. The van der Waals surface area contributed by atoms with Crippen LogP contribution in [0.5, 0.6) is 0 Å². The normalized spacial score (nSPS) is 44.5. The summed E-state index contributed by atoms with van der Waals surface area (Å²) in [6, 6.07) is 0. The molecule has 20 heavy (non-hydrogen) atoms. The van der Waals surface area contributed by atoms with Gasteiger partial charge in [-0.1, -0.05) is 5.11 Å². The summed E-state index contributed by atoms with van der Waals surface area (Å²) in [7, 11) is 0. The molecule has 0 aliphatic carbocycles. The molecule has 0 aromatic heterocycles. The molecule has 112 valence electrons. The molecule has 5 atom stereocenters. The fourth-order valence-electron chi connectivity index (χ4n) is 2.96. The predicted molar refractivity (Wildman–Crippen MR) is 66.5 cm³/mol. The number of nitrogens with zero attached hydrogens (tertiary/aromatic N) is 3. The third-order valence-corrected chi connectivity index (χ3v) is 3.58. The van der Waals surface area contributed by atoms with E-state index in [2.05, 4.69) is 10.0 Å². The van der Waals surface area contributed by atoms with Gasteiger partial charge < -0.3 is 23.7 Å². The van der Waals surface area contributed by atoms with E-state index in [4.69, 9.17) is 29.2 Å². The highest BCUT2D eigenvalue weighted by Gasteiger charge is 2.60. The Morgan fingerprint density at radius 1 is 0.950 bits per heavy atom. The van der Waals surface area contributed by atoms with Gasteiger partial charge in [0.15, 0.2) is 17.9 Å². The average molecular weight is 285 g/mol. The van der Waals surface area contributed by atoms with Crippen LogP contribution in [0.4, 0.5) is 0 Å². The summed E-state index contributed by atoms with van der Waals surface area (Å²) < 4.78 is 29.2. The standard InChI is InChI=1S/C12H19N3O5/c1-11(2)17-7-6(5-14-15-13)16-10-9(8(7)18-11)19-12(3,4)20-10/h6-10H,5H2,1-4H3/t6?,7-,8?,9?,10+/m0/s1. The summed E-state index contributed by atoms with van der Waals surface area (Å²) in [5.74, 6) is -1.46. The summed E-state index contributed by atoms with van der Waals surface area (Å²) >= 11 is 0. The van der Waals surface area contributed by atoms with Crippen LogP contribution in [-0.2, 0) is 23.7 Å². The third kappa shape index (κ3) is 2.39. The second kappa shape index (κ2) is 4.56. The number of azide groups is 1. The molecule has 0 aromatic carbocycles. The quantitative estimate of drug-likeness (QED) is 0.437.